The van der Waals surface area contributed by atoms with Crippen LogP contribution in [0.4, 0.5) is 11.8 Å². The molecule has 1 saturated heterocycles. The number of anilines is 2. The molecule has 0 aromatic carbocycles. The summed E-state index contributed by atoms with van der Waals surface area (Å²) in [5.41, 5.74) is 0.925. The van der Waals surface area contributed by atoms with E-state index in [1.165, 1.54) is 0 Å². The van der Waals surface area contributed by atoms with Crippen LogP contribution in [0.15, 0.2) is 24.5 Å². The summed E-state index contributed by atoms with van der Waals surface area (Å²) in [6.45, 7) is 4.48. The zero-order chi connectivity index (χ0) is 18.5. The van der Waals surface area contributed by atoms with Crippen molar-refractivity contribution >= 4 is 17.7 Å². The maximum atomic E-state index is 12.3. The van der Waals surface area contributed by atoms with Crippen LogP contribution in [0.5, 0.6) is 6.01 Å². The molecule has 0 bridgehead atoms. The largest absolute Gasteiger partial charge is 0.453 e. The Morgan fingerprint density at radius 3 is 2.50 bits per heavy atom. The van der Waals surface area contributed by atoms with Crippen LogP contribution < -0.4 is 14.5 Å². The molecule has 2 aromatic rings. The molecule has 3 rings (SSSR count). The van der Waals surface area contributed by atoms with Gasteiger partial charge in [0.2, 0.25) is 5.95 Å². The Bertz CT molecular complexity index is 746. The minimum absolute atomic E-state index is 0.0598. The molecule has 0 atom stereocenters. The van der Waals surface area contributed by atoms with Crippen LogP contribution in [0.2, 0.25) is 0 Å². The average Bonchev–Trinajstić information content (AvgIpc) is 2.66. The van der Waals surface area contributed by atoms with E-state index in [0.717, 1.165) is 11.5 Å². The van der Waals surface area contributed by atoms with Crippen LogP contribution in [0.3, 0.4) is 0 Å². The van der Waals surface area contributed by atoms with Crippen LogP contribution in [0.25, 0.3) is 0 Å². The molecule has 1 amide bonds. The first kappa shape index (κ1) is 17.8. The van der Waals surface area contributed by atoms with Gasteiger partial charge in [-0.3, -0.25) is 4.79 Å². The zero-order valence-corrected chi connectivity index (χ0v) is 15.3. The van der Waals surface area contributed by atoms with Crippen molar-refractivity contribution in [1.29, 1.82) is 0 Å². The van der Waals surface area contributed by atoms with Crippen molar-refractivity contribution in [3.05, 3.63) is 30.2 Å². The van der Waals surface area contributed by atoms with Crippen LogP contribution in [-0.2, 0) is 4.79 Å². The Hall–Kier alpha value is -2.97. The van der Waals surface area contributed by atoms with Gasteiger partial charge in [0.15, 0.2) is 6.61 Å². The van der Waals surface area contributed by atoms with Crippen molar-refractivity contribution in [1.82, 2.24) is 24.8 Å². The lowest BCUT2D eigenvalue weighted by Crippen LogP contribution is -2.50. The highest BCUT2D eigenvalue weighted by molar-refractivity contribution is 5.78. The summed E-state index contributed by atoms with van der Waals surface area (Å²) < 4.78 is 5.33. The molecule has 0 spiro atoms. The molecule has 9 nitrogen and oxygen atoms in total. The third kappa shape index (κ3) is 4.35. The van der Waals surface area contributed by atoms with Crippen molar-refractivity contribution in [2.24, 2.45) is 0 Å². The number of aromatic nitrogens is 4. The lowest BCUT2D eigenvalue weighted by Gasteiger charge is -2.35. The first-order valence-corrected chi connectivity index (χ1v) is 8.48. The van der Waals surface area contributed by atoms with Crippen molar-refractivity contribution in [3.63, 3.8) is 0 Å². The Morgan fingerprint density at radius 2 is 1.85 bits per heavy atom. The van der Waals surface area contributed by atoms with Crippen molar-refractivity contribution in [2.45, 2.75) is 6.92 Å². The number of hydrogen-bond acceptors (Lipinski definition) is 8. The monoisotopic (exact) mass is 357 g/mol. The summed E-state index contributed by atoms with van der Waals surface area (Å²) in [7, 11) is 3.91. The van der Waals surface area contributed by atoms with E-state index < -0.39 is 0 Å². The number of carbonyl (C=O) groups excluding carboxylic acids is 1. The fourth-order valence-corrected chi connectivity index (χ4v) is 2.64. The predicted octanol–water partition coefficient (Wildman–Crippen LogP) is 0.369. The fraction of sp³-hybridized carbons (Fsp3) is 0.471. The summed E-state index contributed by atoms with van der Waals surface area (Å²) >= 11 is 0. The molecule has 9 heteroatoms. The normalized spacial score (nSPS) is 14.3. The van der Waals surface area contributed by atoms with Crippen molar-refractivity contribution < 1.29 is 9.53 Å². The standard InChI is InChI=1S/C17H23N7O2/c1-13-11-14(22(2)3)21-16(20-13)24-9-7-23(8-10-24)15(25)12-26-17-18-5-4-6-19-17/h4-6,11H,7-10,12H2,1-3H3. The number of aryl methyl sites for hydroxylation is 1. The molecular formula is C17H23N7O2. The van der Waals surface area contributed by atoms with Gasteiger partial charge in [-0.05, 0) is 13.0 Å². The minimum Gasteiger partial charge on any atom is -0.453 e. The first-order chi connectivity index (χ1) is 12.5. The lowest BCUT2D eigenvalue weighted by molar-refractivity contribution is -0.133. The second-order valence-corrected chi connectivity index (χ2v) is 6.25. The number of hydrogen-bond donors (Lipinski definition) is 0. The second-order valence-electron chi connectivity index (χ2n) is 6.25. The Balaban J connectivity index is 1.55. The molecule has 138 valence electrons. The highest BCUT2D eigenvalue weighted by atomic mass is 16.5. The van der Waals surface area contributed by atoms with E-state index in [1.807, 2.05) is 32.0 Å². The molecule has 26 heavy (non-hydrogen) atoms. The molecule has 1 fully saturated rings. The average molecular weight is 357 g/mol. The number of rotatable bonds is 5. The van der Waals surface area contributed by atoms with Gasteiger partial charge < -0.3 is 19.4 Å². The molecule has 1 aliphatic heterocycles. The first-order valence-electron chi connectivity index (χ1n) is 8.48. The van der Waals surface area contributed by atoms with Crippen LogP contribution >= 0.6 is 0 Å². The van der Waals surface area contributed by atoms with E-state index in [4.69, 9.17) is 4.74 Å². The molecule has 2 aromatic heterocycles. The van der Waals surface area contributed by atoms with Gasteiger partial charge in [0, 0.05) is 64.4 Å². The highest BCUT2D eigenvalue weighted by Crippen LogP contribution is 2.17. The number of nitrogens with zero attached hydrogens (tertiary/aromatic N) is 7. The van der Waals surface area contributed by atoms with Gasteiger partial charge in [0.1, 0.15) is 5.82 Å². The number of amides is 1. The minimum atomic E-state index is -0.0729. The Kier molecular flexibility index (Phi) is 5.45. The van der Waals surface area contributed by atoms with Gasteiger partial charge in [0.25, 0.3) is 5.91 Å². The molecule has 0 unspecified atom stereocenters. The highest BCUT2D eigenvalue weighted by Gasteiger charge is 2.23. The summed E-state index contributed by atoms with van der Waals surface area (Å²) in [6, 6.07) is 3.86. The van der Waals surface area contributed by atoms with E-state index in [1.54, 1.807) is 23.4 Å². The van der Waals surface area contributed by atoms with Gasteiger partial charge in [0.05, 0.1) is 0 Å². The van der Waals surface area contributed by atoms with Crippen molar-refractivity contribution in [2.75, 3.05) is 56.7 Å². The molecule has 1 aliphatic rings. The van der Waals surface area contributed by atoms with Gasteiger partial charge in [-0.1, -0.05) is 0 Å². The Labute approximate surface area is 152 Å². The summed E-state index contributed by atoms with van der Waals surface area (Å²) in [5.74, 6) is 1.51. The van der Waals surface area contributed by atoms with E-state index in [0.29, 0.717) is 32.1 Å². The summed E-state index contributed by atoms with van der Waals surface area (Å²) in [4.78, 5) is 35.2. The van der Waals surface area contributed by atoms with Crippen LogP contribution in [0.1, 0.15) is 5.69 Å². The molecule has 0 aliphatic carbocycles. The number of ether oxygens (including phenoxy) is 1. The maximum absolute atomic E-state index is 12.3. The van der Waals surface area contributed by atoms with E-state index in [9.17, 15) is 4.79 Å². The maximum Gasteiger partial charge on any atom is 0.316 e. The SMILES string of the molecule is Cc1cc(N(C)C)nc(N2CCN(C(=O)COc3ncccn3)CC2)n1. The van der Waals surface area contributed by atoms with E-state index in [-0.39, 0.29) is 18.5 Å². The molecule has 3 heterocycles. The second kappa shape index (κ2) is 7.94. The summed E-state index contributed by atoms with van der Waals surface area (Å²) in [5, 5.41) is 0. The van der Waals surface area contributed by atoms with Gasteiger partial charge >= 0.3 is 6.01 Å². The van der Waals surface area contributed by atoms with Crippen LogP contribution in [-0.4, -0.2) is 77.6 Å². The van der Waals surface area contributed by atoms with Crippen molar-refractivity contribution in [3.8, 4) is 6.01 Å². The topological polar surface area (TPSA) is 87.6 Å². The third-order valence-electron chi connectivity index (χ3n) is 4.07. The third-order valence-corrected chi connectivity index (χ3v) is 4.07. The van der Waals surface area contributed by atoms with Gasteiger partial charge in [-0.2, -0.15) is 4.98 Å². The van der Waals surface area contributed by atoms with E-state index >= 15 is 0 Å². The molecule has 0 N–H and O–H groups in total. The quantitative estimate of drug-likeness (QED) is 0.758. The molecule has 0 saturated carbocycles. The zero-order valence-electron chi connectivity index (χ0n) is 15.3. The number of carbonyl (C=O) groups is 1. The number of piperazine rings is 1. The van der Waals surface area contributed by atoms with Gasteiger partial charge in [-0.25, -0.2) is 15.0 Å². The summed E-state index contributed by atoms with van der Waals surface area (Å²) in [6.07, 6.45) is 3.16. The van der Waals surface area contributed by atoms with Gasteiger partial charge in [-0.15, -0.1) is 0 Å². The fourth-order valence-electron chi connectivity index (χ4n) is 2.64. The molecule has 0 radical (unpaired) electrons. The van der Waals surface area contributed by atoms with E-state index in [2.05, 4.69) is 24.8 Å². The lowest BCUT2D eigenvalue weighted by atomic mass is 10.3. The Morgan fingerprint density at radius 1 is 1.15 bits per heavy atom. The predicted molar refractivity (Wildman–Crippen MR) is 97.4 cm³/mol. The smallest absolute Gasteiger partial charge is 0.316 e. The molecular weight excluding hydrogens is 334 g/mol. The van der Waals surface area contributed by atoms with Crippen LogP contribution in [0, 0.1) is 6.92 Å².